The molecule has 0 aliphatic heterocycles. The quantitative estimate of drug-likeness (QED) is 0.319. The Labute approximate surface area is 103 Å². The first-order valence-corrected chi connectivity index (χ1v) is 7.03. The summed E-state index contributed by atoms with van der Waals surface area (Å²) in [6, 6.07) is 0. The van der Waals surface area contributed by atoms with Crippen LogP contribution in [0.4, 0.5) is 0 Å². The molecular weight excluding hydrogens is 192 g/mol. The molecule has 16 heavy (non-hydrogen) atoms. The summed E-state index contributed by atoms with van der Waals surface area (Å²) in [4.78, 5) is 0. The fraction of sp³-hybridized carbons (Fsp3) is 0.750. The van der Waals surface area contributed by atoms with Gasteiger partial charge in [0.1, 0.15) is 0 Å². The minimum absolute atomic E-state index is 0.765. The molecule has 0 aromatic carbocycles. The molecule has 94 valence electrons. The molecule has 0 bridgehead atoms. The van der Waals surface area contributed by atoms with Gasteiger partial charge >= 0.3 is 0 Å². The molecule has 1 atom stereocenters. The van der Waals surface area contributed by atoms with Crippen LogP contribution in [0.1, 0.15) is 72.1 Å². The number of hydrogen-bond donors (Lipinski definition) is 0. The fourth-order valence-electron chi connectivity index (χ4n) is 2.17. The number of unbranched alkanes of at least 4 members (excludes halogenated alkanes) is 3. The molecule has 0 saturated carbocycles. The molecule has 0 nitrogen and oxygen atoms in total. The number of allylic oxidation sites excluding steroid dienone is 3. The Balaban J connectivity index is 3.88. The average Bonchev–Trinajstić information content (AvgIpc) is 2.25. The molecule has 0 aromatic rings. The molecule has 0 rings (SSSR count). The van der Waals surface area contributed by atoms with Crippen LogP contribution in [-0.4, -0.2) is 0 Å². The van der Waals surface area contributed by atoms with Gasteiger partial charge in [-0.05, 0) is 38.0 Å². The van der Waals surface area contributed by atoms with Gasteiger partial charge in [0, 0.05) is 0 Å². The largest absolute Gasteiger partial charge is 0.103 e. The van der Waals surface area contributed by atoms with Gasteiger partial charge < -0.3 is 0 Å². The van der Waals surface area contributed by atoms with Gasteiger partial charge in [-0.15, -0.1) is 6.58 Å². The topological polar surface area (TPSA) is 0 Å². The molecule has 0 aromatic heterocycles. The number of hydrogen-bond acceptors (Lipinski definition) is 0. The second-order valence-electron chi connectivity index (χ2n) is 4.91. The van der Waals surface area contributed by atoms with Gasteiger partial charge in [0.2, 0.25) is 0 Å². The predicted octanol–water partition coefficient (Wildman–Crippen LogP) is 5.90. The lowest BCUT2D eigenvalue weighted by molar-refractivity contribution is 0.560. The standard InChI is InChI=1S/C16H30/c1-5-8-9-10-13-16(12-7-3)14-15(4)11-6-2/h6,12,15H,2,5,7-11,13-14H2,1,3-4H3. The third-order valence-electron chi connectivity index (χ3n) is 3.02. The van der Waals surface area contributed by atoms with Crippen molar-refractivity contribution in [1.29, 1.82) is 0 Å². The highest BCUT2D eigenvalue weighted by Gasteiger charge is 2.04. The van der Waals surface area contributed by atoms with Gasteiger partial charge in [-0.2, -0.15) is 0 Å². The van der Waals surface area contributed by atoms with Gasteiger partial charge in [0.25, 0.3) is 0 Å². The van der Waals surface area contributed by atoms with E-state index in [1.165, 1.54) is 44.9 Å². The summed E-state index contributed by atoms with van der Waals surface area (Å²) in [5, 5.41) is 0. The zero-order chi connectivity index (χ0) is 12.2. The van der Waals surface area contributed by atoms with Gasteiger partial charge in [0.05, 0.1) is 0 Å². The van der Waals surface area contributed by atoms with E-state index in [-0.39, 0.29) is 0 Å². The molecule has 0 fully saturated rings. The molecule has 0 saturated heterocycles. The smallest absolute Gasteiger partial charge is 0.0291 e. The van der Waals surface area contributed by atoms with Gasteiger partial charge in [-0.25, -0.2) is 0 Å². The van der Waals surface area contributed by atoms with E-state index in [0.29, 0.717) is 0 Å². The van der Waals surface area contributed by atoms with Crippen LogP contribution in [0.5, 0.6) is 0 Å². The van der Waals surface area contributed by atoms with E-state index in [2.05, 4.69) is 33.4 Å². The van der Waals surface area contributed by atoms with E-state index in [4.69, 9.17) is 0 Å². The molecular formula is C16H30. The van der Waals surface area contributed by atoms with Crippen molar-refractivity contribution in [2.45, 2.75) is 72.1 Å². The Hall–Kier alpha value is -0.520. The predicted molar refractivity (Wildman–Crippen MR) is 75.7 cm³/mol. The van der Waals surface area contributed by atoms with E-state index in [1.807, 2.05) is 6.08 Å². The molecule has 0 radical (unpaired) electrons. The molecule has 0 aliphatic rings. The maximum Gasteiger partial charge on any atom is -0.0291 e. The van der Waals surface area contributed by atoms with Crippen LogP contribution in [0.2, 0.25) is 0 Å². The Morgan fingerprint density at radius 1 is 1.19 bits per heavy atom. The van der Waals surface area contributed by atoms with Gasteiger partial charge in [-0.3, -0.25) is 0 Å². The van der Waals surface area contributed by atoms with Crippen LogP contribution >= 0.6 is 0 Å². The lowest BCUT2D eigenvalue weighted by Crippen LogP contribution is -1.96. The van der Waals surface area contributed by atoms with Crippen LogP contribution in [0.15, 0.2) is 24.3 Å². The van der Waals surface area contributed by atoms with Crippen molar-refractivity contribution in [3.8, 4) is 0 Å². The summed E-state index contributed by atoms with van der Waals surface area (Å²) in [6.45, 7) is 10.7. The molecule has 0 N–H and O–H groups in total. The number of rotatable bonds is 10. The minimum Gasteiger partial charge on any atom is -0.103 e. The van der Waals surface area contributed by atoms with E-state index in [0.717, 1.165) is 12.3 Å². The fourth-order valence-corrected chi connectivity index (χ4v) is 2.17. The third-order valence-corrected chi connectivity index (χ3v) is 3.02. The van der Waals surface area contributed by atoms with Crippen molar-refractivity contribution in [1.82, 2.24) is 0 Å². The van der Waals surface area contributed by atoms with E-state index in [9.17, 15) is 0 Å². The second-order valence-corrected chi connectivity index (χ2v) is 4.91. The van der Waals surface area contributed by atoms with Crippen LogP contribution in [0.25, 0.3) is 0 Å². The summed E-state index contributed by atoms with van der Waals surface area (Å²) in [5.41, 5.74) is 1.67. The van der Waals surface area contributed by atoms with Crippen LogP contribution in [-0.2, 0) is 0 Å². The van der Waals surface area contributed by atoms with E-state index in [1.54, 1.807) is 5.57 Å². The highest BCUT2D eigenvalue weighted by Crippen LogP contribution is 2.21. The maximum atomic E-state index is 3.82. The molecule has 0 heteroatoms. The van der Waals surface area contributed by atoms with Crippen molar-refractivity contribution in [3.05, 3.63) is 24.3 Å². The second kappa shape index (κ2) is 11.0. The third kappa shape index (κ3) is 8.76. The lowest BCUT2D eigenvalue weighted by atomic mass is 9.94. The van der Waals surface area contributed by atoms with E-state index < -0.39 is 0 Å². The SMILES string of the molecule is C=CCC(C)CC(=CCC)CCCCCC. The first kappa shape index (κ1) is 15.5. The minimum atomic E-state index is 0.765. The van der Waals surface area contributed by atoms with Gasteiger partial charge in [0.15, 0.2) is 0 Å². The normalized spacial score (nSPS) is 13.8. The Morgan fingerprint density at radius 2 is 1.94 bits per heavy atom. The molecule has 0 aliphatic carbocycles. The highest BCUT2D eigenvalue weighted by molar-refractivity contribution is 5.03. The first-order valence-electron chi connectivity index (χ1n) is 7.03. The zero-order valence-corrected chi connectivity index (χ0v) is 11.6. The van der Waals surface area contributed by atoms with Crippen molar-refractivity contribution in [2.75, 3.05) is 0 Å². The molecule has 1 unspecified atom stereocenters. The van der Waals surface area contributed by atoms with Crippen molar-refractivity contribution < 1.29 is 0 Å². The molecule has 0 spiro atoms. The van der Waals surface area contributed by atoms with Crippen molar-refractivity contribution >= 4 is 0 Å². The van der Waals surface area contributed by atoms with Crippen LogP contribution in [0.3, 0.4) is 0 Å². The van der Waals surface area contributed by atoms with Crippen LogP contribution < -0.4 is 0 Å². The summed E-state index contributed by atoms with van der Waals surface area (Å²) in [7, 11) is 0. The van der Waals surface area contributed by atoms with Crippen LogP contribution in [0, 0.1) is 5.92 Å². The maximum absolute atomic E-state index is 3.82. The Bertz CT molecular complexity index is 188. The molecule has 0 amide bonds. The lowest BCUT2D eigenvalue weighted by Gasteiger charge is -2.12. The first-order chi connectivity index (χ1) is 7.74. The summed E-state index contributed by atoms with van der Waals surface area (Å²) in [6.07, 6.45) is 14.9. The Morgan fingerprint density at radius 3 is 2.50 bits per heavy atom. The summed E-state index contributed by atoms with van der Waals surface area (Å²) < 4.78 is 0. The zero-order valence-electron chi connectivity index (χ0n) is 11.6. The van der Waals surface area contributed by atoms with E-state index >= 15 is 0 Å². The average molecular weight is 222 g/mol. The monoisotopic (exact) mass is 222 g/mol. The van der Waals surface area contributed by atoms with Crippen molar-refractivity contribution in [2.24, 2.45) is 5.92 Å². The highest BCUT2D eigenvalue weighted by atomic mass is 14.1. The van der Waals surface area contributed by atoms with Gasteiger partial charge in [-0.1, -0.05) is 57.8 Å². The van der Waals surface area contributed by atoms with Crippen molar-refractivity contribution in [3.63, 3.8) is 0 Å². The summed E-state index contributed by atoms with van der Waals surface area (Å²) >= 11 is 0. The molecule has 0 heterocycles. The Kier molecular flexibility index (Phi) is 10.6. The summed E-state index contributed by atoms with van der Waals surface area (Å²) in [5.74, 6) is 0.765.